The predicted octanol–water partition coefficient (Wildman–Crippen LogP) is 2.74. The SMILES string of the molecule is O=C1SC(OC(F)(F)F)C(=O)N1Cc1ccccc1. The Labute approximate surface area is 110 Å². The lowest BCUT2D eigenvalue weighted by Crippen LogP contribution is -2.34. The van der Waals surface area contributed by atoms with Crippen molar-refractivity contribution >= 4 is 22.9 Å². The number of rotatable bonds is 3. The Hall–Kier alpha value is -1.54. The molecule has 0 aliphatic carbocycles. The van der Waals surface area contributed by atoms with E-state index in [0.717, 1.165) is 4.90 Å². The second-order valence-corrected chi connectivity index (χ2v) is 4.70. The van der Waals surface area contributed by atoms with Crippen LogP contribution in [0, 0.1) is 0 Å². The van der Waals surface area contributed by atoms with E-state index in [1.807, 2.05) is 0 Å². The molecule has 1 saturated heterocycles. The van der Waals surface area contributed by atoms with E-state index >= 15 is 0 Å². The van der Waals surface area contributed by atoms with Gasteiger partial charge in [-0.1, -0.05) is 30.3 Å². The first-order valence-electron chi connectivity index (χ1n) is 5.17. The Balaban J connectivity index is 2.07. The highest BCUT2D eigenvalue weighted by atomic mass is 32.2. The monoisotopic (exact) mass is 291 g/mol. The molecule has 1 aliphatic heterocycles. The standard InChI is InChI=1S/C11H8F3NO3S/c12-11(13,14)18-9-8(16)15(10(17)19-9)6-7-4-2-1-3-5-7/h1-5,9H,6H2. The first kappa shape index (κ1) is 13.9. The molecular formula is C11H8F3NO3S. The summed E-state index contributed by atoms with van der Waals surface area (Å²) < 4.78 is 39.7. The van der Waals surface area contributed by atoms with E-state index in [0.29, 0.717) is 5.56 Å². The first-order chi connectivity index (χ1) is 8.87. The normalized spacial score (nSPS) is 20.2. The van der Waals surface area contributed by atoms with Crippen molar-refractivity contribution in [3.8, 4) is 0 Å². The molecule has 1 atom stereocenters. The summed E-state index contributed by atoms with van der Waals surface area (Å²) in [7, 11) is 0. The topological polar surface area (TPSA) is 46.6 Å². The van der Waals surface area contributed by atoms with Crippen molar-refractivity contribution in [2.75, 3.05) is 0 Å². The van der Waals surface area contributed by atoms with Gasteiger partial charge in [-0.05, 0) is 17.3 Å². The lowest BCUT2D eigenvalue weighted by Gasteiger charge is -2.14. The minimum Gasteiger partial charge on any atom is -0.270 e. The number of amides is 2. The number of hydrogen-bond acceptors (Lipinski definition) is 4. The zero-order valence-corrected chi connectivity index (χ0v) is 10.2. The molecule has 102 valence electrons. The minimum absolute atomic E-state index is 0.0662. The third kappa shape index (κ3) is 3.48. The molecule has 1 unspecified atom stereocenters. The third-order valence-corrected chi connectivity index (χ3v) is 3.25. The van der Waals surface area contributed by atoms with Crippen LogP contribution >= 0.6 is 11.8 Å². The summed E-state index contributed by atoms with van der Waals surface area (Å²) in [6, 6.07) is 8.50. The Bertz CT molecular complexity index is 492. The lowest BCUT2D eigenvalue weighted by molar-refractivity contribution is -0.326. The Morgan fingerprint density at radius 1 is 1.21 bits per heavy atom. The maximum absolute atomic E-state index is 12.0. The highest BCUT2D eigenvalue weighted by molar-refractivity contribution is 8.15. The summed E-state index contributed by atoms with van der Waals surface area (Å²) in [5, 5.41) is -0.747. The van der Waals surface area contributed by atoms with Crippen LogP contribution < -0.4 is 0 Å². The molecule has 0 N–H and O–H groups in total. The number of halogens is 3. The van der Waals surface area contributed by atoms with E-state index in [1.54, 1.807) is 30.3 Å². The molecule has 1 fully saturated rings. The number of nitrogens with zero attached hydrogens (tertiary/aromatic N) is 1. The average Bonchev–Trinajstić information content (AvgIpc) is 2.56. The minimum atomic E-state index is -4.95. The quantitative estimate of drug-likeness (QED) is 0.859. The maximum Gasteiger partial charge on any atom is 0.524 e. The third-order valence-electron chi connectivity index (χ3n) is 2.32. The number of carbonyl (C=O) groups excluding carboxylic acids is 2. The molecule has 4 nitrogen and oxygen atoms in total. The molecule has 0 saturated carbocycles. The summed E-state index contributed by atoms with van der Waals surface area (Å²) in [4.78, 5) is 23.9. The fraction of sp³-hybridized carbons (Fsp3) is 0.273. The van der Waals surface area contributed by atoms with Gasteiger partial charge in [-0.2, -0.15) is 0 Å². The van der Waals surface area contributed by atoms with Crippen LogP contribution in [0.15, 0.2) is 30.3 Å². The molecule has 2 amide bonds. The van der Waals surface area contributed by atoms with E-state index in [9.17, 15) is 22.8 Å². The zero-order chi connectivity index (χ0) is 14.0. The molecule has 0 aromatic heterocycles. The molecule has 1 heterocycles. The van der Waals surface area contributed by atoms with Crippen molar-refractivity contribution in [1.29, 1.82) is 0 Å². The first-order valence-corrected chi connectivity index (χ1v) is 6.05. The van der Waals surface area contributed by atoms with Crippen LogP contribution in [0.2, 0.25) is 0 Å². The molecule has 19 heavy (non-hydrogen) atoms. The van der Waals surface area contributed by atoms with Gasteiger partial charge in [0.15, 0.2) is 5.44 Å². The summed E-state index contributed by atoms with van der Waals surface area (Å²) in [5.74, 6) is -0.990. The fourth-order valence-electron chi connectivity index (χ4n) is 1.53. The fourth-order valence-corrected chi connectivity index (χ4v) is 2.38. The largest absolute Gasteiger partial charge is 0.524 e. The average molecular weight is 291 g/mol. The Morgan fingerprint density at radius 2 is 1.84 bits per heavy atom. The van der Waals surface area contributed by atoms with Crippen LogP contribution in [-0.2, 0) is 16.1 Å². The molecule has 2 rings (SSSR count). The number of carbonyl (C=O) groups is 2. The molecule has 1 aromatic rings. The number of imide groups is 1. The highest BCUT2D eigenvalue weighted by Gasteiger charge is 2.46. The summed E-state index contributed by atoms with van der Waals surface area (Å²) in [6.07, 6.45) is -4.95. The molecule has 8 heteroatoms. The van der Waals surface area contributed by atoms with Crippen molar-refractivity contribution < 1.29 is 27.5 Å². The van der Waals surface area contributed by atoms with Crippen molar-refractivity contribution in [3.63, 3.8) is 0 Å². The molecule has 0 bridgehead atoms. The second kappa shape index (κ2) is 5.22. The van der Waals surface area contributed by atoms with Gasteiger partial charge in [-0.25, -0.2) is 0 Å². The van der Waals surface area contributed by atoms with Crippen LogP contribution in [0.25, 0.3) is 0 Å². The van der Waals surface area contributed by atoms with Crippen molar-refractivity contribution in [3.05, 3.63) is 35.9 Å². The van der Waals surface area contributed by atoms with Gasteiger partial charge in [0, 0.05) is 0 Å². The van der Waals surface area contributed by atoms with Crippen LogP contribution in [0.4, 0.5) is 18.0 Å². The highest BCUT2D eigenvalue weighted by Crippen LogP contribution is 2.33. The maximum atomic E-state index is 12.0. The zero-order valence-electron chi connectivity index (χ0n) is 9.39. The van der Waals surface area contributed by atoms with E-state index in [4.69, 9.17) is 0 Å². The van der Waals surface area contributed by atoms with Crippen molar-refractivity contribution in [2.45, 2.75) is 18.3 Å². The number of hydrogen-bond donors (Lipinski definition) is 0. The van der Waals surface area contributed by atoms with Crippen LogP contribution in [-0.4, -0.2) is 27.8 Å². The van der Waals surface area contributed by atoms with E-state index in [1.165, 1.54) is 0 Å². The van der Waals surface area contributed by atoms with Crippen LogP contribution in [0.1, 0.15) is 5.56 Å². The van der Waals surface area contributed by atoms with E-state index < -0.39 is 22.9 Å². The van der Waals surface area contributed by atoms with Crippen LogP contribution in [0.5, 0.6) is 0 Å². The Morgan fingerprint density at radius 3 is 2.42 bits per heavy atom. The van der Waals surface area contributed by atoms with Gasteiger partial charge in [0.05, 0.1) is 6.54 Å². The van der Waals surface area contributed by atoms with Crippen molar-refractivity contribution in [1.82, 2.24) is 4.90 Å². The van der Waals surface area contributed by atoms with Crippen LogP contribution in [0.3, 0.4) is 0 Å². The molecule has 1 aliphatic rings. The van der Waals surface area contributed by atoms with Gasteiger partial charge in [0.1, 0.15) is 0 Å². The van der Waals surface area contributed by atoms with Crippen molar-refractivity contribution in [2.24, 2.45) is 0 Å². The summed E-state index contributed by atoms with van der Waals surface area (Å²) >= 11 is 0.223. The summed E-state index contributed by atoms with van der Waals surface area (Å²) in [5.41, 5.74) is -1.20. The lowest BCUT2D eigenvalue weighted by atomic mass is 10.2. The van der Waals surface area contributed by atoms with Gasteiger partial charge >= 0.3 is 6.36 Å². The number of thioether (sulfide) groups is 1. The molecule has 0 spiro atoms. The number of alkyl halides is 3. The smallest absolute Gasteiger partial charge is 0.270 e. The van der Waals surface area contributed by atoms with Gasteiger partial charge in [-0.3, -0.25) is 19.2 Å². The molecule has 0 radical (unpaired) electrons. The van der Waals surface area contributed by atoms with E-state index in [-0.39, 0.29) is 18.3 Å². The van der Waals surface area contributed by atoms with Gasteiger partial charge in [-0.15, -0.1) is 13.2 Å². The number of benzene rings is 1. The molecular weight excluding hydrogens is 283 g/mol. The summed E-state index contributed by atoms with van der Waals surface area (Å²) in [6.45, 7) is -0.0662. The van der Waals surface area contributed by atoms with Gasteiger partial charge in [0.25, 0.3) is 11.1 Å². The van der Waals surface area contributed by atoms with Gasteiger partial charge < -0.3 is 0 Å². The van der Waals surface area contributed by atoms with Gasteiger partial charge in [0.2, 0.25) is 0 Å². The Kier molecular flexibility index (Phi) is 3.81. The van der Waals surface area contributed by atoms with E-state index in [2.05, 4.69) is 4.74 Å². The molecule has 1 aromatic carbocycles. The second-order valence-electron chi connectivity index (χ2n) is 3.69. The predicted molar refractivity (Wildman–Crippen MR) is 60.9 cm³/mol. The number of ether oxygens (including phenoxy) is 1.